The fraction of sp³-hybridized carbons (Fsp3) is 0.444. The molecule has 0 saturated carbocycles. The summed E-state index contributed by atoms with van der Waals surface area (Å²) in [4.78, 5) is 3.40. The van der Waals surface area contributed by atoms with E-state index in [4.69, 9.17) is 11.6 Å². The van der Waals surface area contributed by atoms with Gasteiger partial charge in [-0.2, -0.15) is 9.37 Å². The van der Waals surface area contributed by atoms with E-state index in [1.165, 1.54) is 0 Å². The van der Waals surface area contributed by atoms with Crippen molar-refractivity contribution in [2.24, 2.45) is 0 Å². The molecule has 84 valence electrons. The maximum Gasteiger partial charge on any atom is 0.234 e. The molecule has 15 heavy (non-hydrogen) atoms. The van der Waals surface area contributed by atoms with E-state index in [0.29, 0.717) is 0 Å². The van der Waals surface area contributed by atoms with Gasteiger partial charge < -0.3 is 5.32 Å². The number of halogens is 4. The summed E-state index contributed by atoms with van der Waals surface area (Å²) in [5.41, 5.74) is -0.409. The number of rotatable bonds is 1. The second kappa shape index (κ2) is 4.22. The Kier molecular flexibility index (Phi) is 3.55. The van der Waals surface area contributed by atoms with Crippen molar-refractivity contribution in [2.45, 2.75) is 26.3 Å². The van der Waals surface area contributed by atoms with Gasteiger partial charge in [0.15, 0.2) is 11.6 Å². The lowest BCUT2D eigenvalue weighted by molar-refractivity contribution is 0.546. The van der Waals surface area contributed by atoms with Gasteiger partial charge >= 0.3 is 0 Å². The molecular formula is C9H10BrClF2N2. The standard InChI is InChI=1S/C9H10BrClF2N2/c1-9(2,3)15-8-6(12)4(10)5(11)7(13)14-8/h1-3H3,(H,14,15). The van der Waals surface area contributed by atoms with Crippen LogP contribution in [0.1, 0.15) is 20.8 Å². The highest BCUT2D eigenvalue weighted by molar-refractivity contribution is 9.10. The number of anilines is 1. The van der Waals surface area contributed by atoms with Gasteiger partial charge in [0.25, 0.3) is 0 Å². The van der Waals surface area contributed by atoms with Crippen LogP contribution in [0.25, 0.3) is 0 Å². The Hall–Kier alpha value is -0.420. The average molecular weight is 300 g/mol. The van der Waals surface area contributed by atoms with E-state index >= 15 is 0 Å². The van der Waals surface area contributed by atoms with Crippen LogP contribution in [-0.2, 0) is 0 Å². The van der Waals surface area contributed by atoms with Crippen LogP contribution >= 0.6 is 27.5 Å². The first kappa shape index (κ1) is 12.6. The molecule has 0 aromatic carbocycles. The molecule has 0 fully saturated rings. The quantitative estimate of drug-likeness (QED) is 0.793. The number of aromatic nitrogens is 1. The van der Waals surface area contributed by atoms with Gasteiger partial charge in [-0.05, 0) is 36.7 Å². The van der Waals surface area contributed by atoms with Gasteiger partial charge in [0.05, 0.1) is 4.47 Å². The Morgan fingerprint density at radius 2 is 1.87 bits per heavy atom. The van der Waals surface area contributed by atoms with Crippen molar-refractivity contribution >= 4 is 33.3 Å². The second-order valence-corrected chi connectivity index (χ2v) is 5.24. The normalized spacial score (nSPS) is 11.7. The highest BCUT2D eigenvalue weighted by Gasteiger charge is 2.20. The van der Waals surface area contributed by atoms with Gasteiger partial charge in [0.1, 0.15) is 5.02 Å². The lowest BCUT2D eigenvalue weighted by Gasteiger charge is -2.22. The van der Waals surface area contributed by atoms with Gasteiger partial charge in [0.2, 0.25) is 5.95 Å². The topological polar surface area (TPSA) is 24.9 Å². The molecule has 0 saturated heterocycles. The molecule has 1 heterocycles. The number of nitrogens with one attached hydrogen (secondary N) is 1. The van der Waals surface area contributed by atoms with E-state index in [1.807, 2.05) is 20.8 Å². The van der Waals surface area contributed by atoms with Crippen molar-refractivity contribution in [1.82, 2.24) is 4.98 Å². The third-order valence-electron chi connectivity index (χ3n) is 1.48. The van der Waals surface area contributed by atoms with Gasteiger partial charge in [-0.25, -0.2) is 4.39 Å². The largest absolute Gasteiger partial charge is 0.363 e. The van der Waals surface area contributed by atoms with E-state index in [0.717, 1.165) is 0 Å². The van der Waals surface area contributed by atoms with Crippen LogP contribution in [-0.4, -0.2) is 10.5 Å². The Bertz CT molecular complexity index is 391. The van der Waals surface area contributed by atoms with Crippen LogP contribution in [0, 0.1) is 11.8 Å². The molecular weight excluding hydrogens is 289 g/mol. The molecule has 0 spiro atoms. The minimum absolute atomic E-state index is 0.122. The van der Waals surface area contributed by atoms with Crippen molar-refractivity contribution in [2.75, 3.05) is 5.32 Å². The molecule has 0 aliphatic heterocycles. The summed E-state index contributed by atoms with van der Waals surface area (Å²) in [6.45, 7) is 5.44. The van der Waals surface area contributed by atoms with E-state index in [-0.39, 0.29) is 15.3 Å². The van der Waals surface area contributed by atoms with Crippen LogP contribution in [0.4, 0.5) is 14.6 Å². The molecule has 0 aliphatic rings. The molecule has 2 nitrogen and oxygen atoms in total. The molecule has 0 bridgehead atoms. The Balaban J connectivity index is 3.21. The first-order valence-corrected chi connectivity index (χ1v) is 5.37. The zero-order valence-corrected chi connectivity index (χ0v) is 10.8. The maximum absolute atomic E-state index is 13.5. The second-order valence-electron chi connectivity index (χ2n) is 4.07. The molecule has 0 aliphatic carbocycles. The maximum atomic E-state index is 13.5. The van der Waals surface area contributed by atoms with E-state index in [2.05, 4.69) is 26.2 Å². The van der Waals surface area contributed by atoms with Crippen molar-refractivity contribution in [1.29, 1.82) is 0 Å². The minimum atomic E-state index is -0.906. The van der Waals surface area contributed by atoms with Crippen LogP contribution in [0.5, 0.6) is 0 Å². The first-order chi connectivity index (χ1) is 6.72. The van der Waals surface area contributed by atoms with E-state index in [9.17, 15) is 8.78 Å². The summed E-state index contributed by atoms with van der Waals surface area (Å²) in [5, 5.41) is 2.39. The molecule has 1 aromatic heterocycles. The Morgan fingerprint density at radius 1 is 1.33 bits per heavy atom. The van der Waals surface area contributed by atoms with Gasteiger partial charge in [-0.3, -0.25) is 0 Å². The first-order valence-electron chi connectivity index (χ1n) is 4.20. The lowest BCUT2D eigenvalue weighted by atomic mass is 10.1. The third kappa shape index (κ3) is 3.01. The smallest absolute Gasteiger partial charge is 0.234 e. The summed E-state index contributed by atoms with van der Waals surface area (Å²) in [6, 6.07) is 0. The molecule has 0 amide bonds. The van der Waals surface area contributed by atoms with Gasteiger partial charge in [-0.15, -0.1) is 0 Å². The van der Waals surface area contributed by atoms with Crippen molar-refractivity contribution in [3.63, 3.8) is 0 Å². The van der Waals surface area contributed by atoms with Crippen LogP contribution < -0.4 is 5.32 Å². The summed E-state index contributed by atoms with van der Waals surface area (Å²) in [5.74, 6) is -1.76. The summed E-state index contributed by atoms with van der Waals surface area (Å²) in [7, 11) is 0. The average Bonchev–Trinajstić information content (AvgIpc) is 2.08. The molecule has 0 radical (unpaired) electrons. The van der Waals surface area contributed by atoms with Gasteiger partial charge in [0, 0.05) is 5.54 Å². The third-order valence-corrected chi connectivity index (χ3v) is 2.80. The molecule has 0 unspecified atom stereocenters. The highest BCUT2D eigenvalue weighted by atomic mass is 79.9. The molecule has 1 aromatic rings. The fourth-order valence-electron chi connectivity index (χ4n) is 0.925. The van der Waals surface area contributed by atoms with Crippen LogP contribution in [0.2, 0.25) is 5.02 Å². The molecule has 0 atom stereocenters. The zero-order valence-electron chi connectivity index (χ0n) is 8.46. The fourth-order valence-corrected chi connectivity index (χ4v) is 1.40. The lowest BCUT2D eigenvalue weighted by Crippen LogP contribution is -2.27. The van der Waals surface area contributed by atoms with Crippen LogP contribution in [0.15, 0.2) is 4.47 Å². The molecule has 6 heteroatoms. The minimum Gasteiger partial charge on any atom is -0.363 e. The zero-order chi connectivity index (χ0) is 11.8. The van der Waals surface area contributed by atoms with Crippen molar-refractivity contribution in [3.8, 4) is 0 Å². The summed E-state index contributed by atoms with van der Waals surface area (Å²) >= 11 is 8.34. The van der Waals surface area contributed by atoms with Crippen molar-refractivity contribution < 1.29 is 8.78 Å². The Labute approximate surface area is 100 Å². The number of nitrogens with zero attached hydrogens (tertiary/aromatic N) is 1. The summed E-state index contributed by atoms with van der Waals surface area (Å²) < 4.78 is 26.5. The highest BCUT2D eigenvalue weighted by Crippen LogP contribution is 2.31. The molecule has 1 rings (SSSR count). The molecule has 1 N–H and O–H groups in total. The monoisotopic (exact) mass is 298 g/mol. The predicted octanol–water partition coefficient (Wildman–Crippen LogP) is 3.99. The SMILES string of the molecule is CC(C)(C)Nc1nc(F)c(Cl)c(Br)c1F. The van der Waals surface area contributed by atoms with Crippen molar-refractivity contribution in [3.05, 3.63) is 21.3 Å². The number of pyridine rings is 1. The Morgan fingerprint density at radius 3 is 2.33 bits per heavy atom. The summed E-state index contributed by atoms with van der Waals surface area (Å²) in [6.07, 6.45) is 0. The van der Waals surface area contributed by atoms with E-state index in [1.54, 1.807) is 0 Å². The number of hydrogen-bond donors (Lipinski definition) is 1. The van der Waals surface area contributed by atoms with Gasteiger partial charge in [-0.1, -0.05) is 11.6 Å². The number of hydrogen-bond acceptors (Lipinski definition) is 2. The van der Waals surface area contributed by atoms with Crippen LogP contribution in [0.3, 0.4) is 0 Å². The van der Waals surface area contributed by atoms with E-state index < -0.39 is 17.3 Å². The predicted molar refractivity (Wildman–Crippen MR) is 60.2 cm³/mol.